The SMILES string of the molecule is CNCCCNC(=O)COCCc1ccccc1. The van der Waals surface area contributed by atoms with Crippen LogP contribution in [-0.4, -0.2) is 39.3 Å². The van der Waals surface area contributed by atoms with Crippen molar-refractivity contribution in [2.75, 3.05) is 33.4 Å². The topological polar surface area (TPSA) is 50.4 Å². The summed E-state index contributed by atoms with van der Waals surface area (Å²) in [5.41, 5.74) is 1.23. The highest BCUT2D eigenvalue weighted by Gasteiger charge is 2.00. The zero-order chi connectivity index (χ0) is 13.1. The Balaban J connectivity index is 1.99. The smallest absolute Gasteiger partial charge is 0.245 e. The van der Waals surface area contributed by atoms with Gasteiger partial charge in [0.2, 0.25) is 5.91 Å². The molecule has 0 aliphatic heterocycles. The molecule has 0 unspecified atom stereocenters. The molecule has 0 bridgehead atoms. The van der Waals surface area contributed by atoms with Crippen LogP contribution in [0.1, 0.15) is 12.0 Å². The zero-order valence-corrected chi connectivity index (χ0v) is 10.9. The van der Waals surface area contributed by atoms with Gasteiger partial charge in [0.15, 0.2) is 0 Å². The van der Waals surface area contributed by atoms with E-state index >= 15 is 0 Å². The number of nitrogens with one attached hydrogen (secondary N) is 2. The standard InChI is InChI=1S/C14H22N2O2/c1-15-9-5-10-16-14(17)12-18-11-8-13-6-3-2-4-7-13/h2-4,6-7,15H,5,8-12H2,1H3,(H,16,17). The van der Waals surface area contributed by atoms with E-state index in [1.807, 2.05) is 25.2 Å². The average molecular weight is 250 g/mol. The van der Waals surface area contributed by atoms with E-state index in [2.05, 4.69) is 22.8 Å². The molecule has 4 heteroatoms. The molecular weight excluding hydrogens is 228 g/mol. The number of carbonyl (C=O) groups is 1. The first kappa shape index (κ1) is 14.7. The van der Waals surface area contributed by atoms with Gasteiger partial charge in [-0.1, -0.05) is 30.3 Å². The maximum absolute atomic E-state index is 11.4. The maximum atomic E-state index is 11.4. The second kappa shape index (κ2) is 9.62. The van der Waals surface area contributed by atoms with Crippen molar-refractivity contribution in [3.8, 4) is 0 Å². The Labute approximate surface area is 109 Å². The lowest BCUT2D eigenvalue weighted by atomic mass is 10.2. The zero-order valence-electron chi connectivity index (χ0n) is 10.9. The molecule has 0 fully saturated rings. The molecule has 0 aliphatic rings. The summed E-state index contributed by atoms with van der Waals surface area (Å²) in [7, 11) is 1.90. The summed E-state index contributed by atoms with van der Waals surface area (Å²) in [6, 6.07) is 10.1. The number of amides is 1. The first-order valence-electron chi connectivity index (χ1n) is 6.36. The van der Waals surface area contributed by atoms with Crippen LogP contribution in [0.2, 0.25) is 0 Å². The molecule has 1 aromatic rings. The van der Waals surface area contributed by atoms with Crippen LogP contribution in [0.5, 0.6) is 0 Å². The summed E-state index contributed by atoms with van der Waals surface area (Å²) < 4.78 is 5.33. The molecule has 1 rings (SSSR count). The minimum atomic E-state index is -0.0424. The number of carbonyl (C=O) groups excluding carboxylic acids is 1. The molecule has 100 valence electrons. The molecule has 18 heavy (non-hydrogen) atoms. The van der Waals surface area contributed by atoms with Gasteiger partial charge in [0.05, 0.1) is 6.61 Å². The van der Waals surface area contributed by atoms with E-state index in [4.69, 9.17) is 4.74 Å². The van der Waals surface area contributed by atoms with Gasteiger partial charge in [-0.05, 0) is 32.0 Å². The van der Waals surface area contributed by atoms with Crippen LogP contribution < -0.4 is 10.6 Å². The largest absolute Gasteiger partial charge is 0.371 e. The van der Waals surface area contributed by atoms with Crippen molar-refractivity contribution >= 4 is 5.91 Å². The molecule has 2 N–H and O–H groups in total. The molecule has 0 spiro atoms. The van der Waals surface area contributed by atoms with E-state index in [1.54, 1.807) is 0 Å². The first-order valence-corrected chi connectivity index (χ1v) is 6.36. The van der Waals surface area contributed by atoms with E-state index in [9.17, 15) is 4.79 Å². The second-order valence-electron chi connectivity index (χ2n) is 4.10. The monoisotopic (exact) mass is 250 g/mol. The van der Waals surface area contributed by atoms with Crippen molar-refractivity contribution in [2.24, 2.45) is 0 Å². The minimum Gasteiger partial charge on any atom is -0.371 e. The molecule has 0 atom stereocenters. The fraction of sp³-hybridized carbons (Fsp3) is 0.500. The molecule has 1 aromatic carbocycles. The Hall–Kier alpha value is -1.39. The van der Waals surface area contributed by atoms with Crippen LogP contribution in [0.4, 0.5) is 0 Å². The predicted molar refractivity (Wildman–Crippen MR) is 72.5 cm³/mol. The van der Waals surface area contributed by atoms with E-state index < -0.39 is 0 Å². The summed E-state index contributed by atoms with van der Waals surface area (Å²) in [5.74, 6) is -0.0424. The number of hydrogen-bond donors (Lipinski definition) is 2. The summed E-state index contributed by atoms with van der Waals surface area (Å²) in [4.78, 5) is 11.4. The van der Waals surface area contributed by atoms with Gasteiger partial charge in [-0.15, -0.1) is 0 Å². The van der Waals surface area contributed by atoms with Crippen molar-refractivity contribution in [2.45, 2.75) is 12.8 Å². The highest BCUT2D eigenvalue weighted by Crippen LogP contribution is 1.99. The highest BCUT2D eigenvalue weighted by atomic mass is 16.5. The molecule has 1 amide bonds. The van der Waals surface area contributed by atoms with Gasteiger partial charge in [-0.25, -0.2) is 0 Å². The van der Waals surface area contributed by atoms with Crippen LogP contribution in [0, 0.1) is 0 Å². The van der Waals surface area contributed by atoms with Crippen molar-refractivity contribution in [1.82, 2.24) is 10.6 Å². The average Bonchev–Trinajstić information content (AvgIpc) is 2.41. The molecule has 0 aromatic heterocycles. The third-order valence-electron chi connectivity index (χ3n) is 2.54. The van der Waals surface area contributed by atoms with Gasteiger partial charge >= 0.3 is 0 Å². The van der Waals surface area contributed by atoms with E-state index in [-0.39, 0.29) is 12.5 Å². The molecule has 0 aliphatic carbocycles. The number of ether oxygens (including phenoxy) is 1. The third kappa shape index (κ3) is 7.04. The van der Waals surface area contributed by atoms with Crippen LogP contribution in [0.3, 0.4) is 0 Å². The van der Waals surface area contributed by atoms with Gasteiger partial charge in [0, 0.05) is 6.54 Å². The van der Waals surface area contributed by atoms with Crippen LogP contribution in [0.15, 0.2) is 30.3 Å². The van der Waals surface area contributed by atoms with E-state index in [0.29, 0.717) is 13.2 Å². The van der Waals surface area contributed by atoms with Crippen molar-refractivity contribution in [3.63, 3.8) is 0 Å². The Bertz CT molecular complexity index is 328. The predicted octanol–water partition coefficient (Wildman–Crippen LogP) is 0.971. The van der Waals surface area contributed by atoms with Crippen LogP contribution in [0.25, 0.3) is 0 Å². The normalized spacial score (nSPS) is 10.3. The van der Waals surface area contributed by atoms with Gasteiger partial charge in [-0.2, -0.15) is 0 Å². The number of hydrogen-bond acceptors (Lipinski definition) is 3. The quantitative estimate of drug-likeness (QED) is 0.642. The molecule has 0 radical (unpaired) electrons. The summed E-state index contributed by atoms with van der Waals surface area (Å²) >= 11 is 0. The van der Waals surface area contributed by atoms with E-state index in [1.165, 1.54) is 5.56 Å². The number of benzene rings is 1. The van der Waals surface area contributed by atoms with E-state index in [0.717, 1.165) is 19.4 Å². The van der Waals surface area contributed by atoms with Crippen molar-refractivity contribution in [1.29, 1.82) is 0 Å². The second-order valence-corrected chi connectivity index (χ2v) is 4.10. The lowest BCUT2D eigenvalue weighted by molar-refractivity contribution is -0.125. The van der Waals surface area contributed by atoms with Crippen LogP contribution in [-0.2, 0) is 16.0 Å². The highest BCUT2D eigenvalue weighted by molar-refractivity contribution is 5.77. The Morgan fingerprint density at radius 1 is 1.22 bits per heavy atom. The number of rotatable bonds is 9. The lowest BCUT2D eigenvalue weighted by Crippen LogP contribution is -2.30. The van der Waals surface area contributed by atoms with Gasteiger partial charge in [-0.3, -0.25) is 4.79 Å². The molecule has 0 saturated carbocycles. The Morgan fingerprint density at radius 3 is 2.72 bits per heavy atom. The van der Waals surface area contributed by atoms with Crippen LogP contribution >= 0.6 is 0 Å². The van der Waals surface area contributed by atoms with Gasteiger partial charge in [0.1, 0.15) is 6.61 Å². The third-order valence-corrected chi connectivity index (χ3v) is 2.54. The van der Waals surface area contributed by atoms with Gasteiger partial charge < -0.3 is 15.4 Å². The fourth-order valence-corrected chi connectivity index (χ4v) is 1.54. The summed E-state index contributed by atoms with van der Waals surface area (Å²) in [6.45, 7) is 2.33. The summed E-state index contributed by atoms with van der Waals surface area (Å²) in [6.07, 6.45) is 1.78. The fourth-order valence-electron chi connectivity index (χ4n) is 1.54. The minimum absolute atomic E-state index is 0.0424. The molecule has 4 nitrogen and oxygen atoms in total. The molecule has 0 heterocycles. The summed E-state index contributed by atoms with van der Waals surface area (Å²) in [5, 5.41) is 5.84. The first-order chi connectivity index (χ1) is 8.83. The Kier molecular flexibility index (Phi) is 7.84. The molecule has 0 saturated heterocycles. The van der Waals surface area contributed by atoms with Crippen molar-refractivity contribution in [3.05, 3.63) is 35.9 Å². The Morgan fingerprint density at radius 2 is 2.00 bits per heavy atom. The van der Waals surface area contributed by atoms with Crippen molar-refractivity contribution < 1.29 is 9.53 Å². The lowest BCUT2D eigenvalue weighted by Gasteiger charge is -2.06. The molecular formula is C14H22N2O2. The van der Waals surface area contributed by atoms with Gasteiger partial charge in [0.25, 0.3) is 0 Å². The maximum Gasteiger partial charge on any atom is 0.245 e.